The molecule has 0 spiro atoms. The Morgan fingerprint density at radius 2 is 2.05 bits per heavy atom. The lowest BCUT2D eigenvalue weighted by molar-refractivity contribution is 0.445. The maximum atomic E-state index is 3.66. The fourth-order valence-corrected chi connectivity index (χ4v) is 3.32. The second-order valence-electron chi connectivity index (χ2n) is 4.81. The molecule has 0 bridgehead atoms. The van der Waals surface area contributed by atoms with Crippen molar-refractivity contribution in [2.24, 2.45) is 5.92 Å². The van der Waals surface area contributed by atoms with E-state index < -0.39 is 0 Å². The molecule has 1 rings (SSSR count). The Kier molecular flexibility index (Phi) is 9.66. The maximum absolute atomic E-state index is 3.66. The van der Waals surface area contributed by atoms with Crippen molar-refractivity contribution in [1.82, 2.24) is 5.32 Å². The quantitative estimate of drug-likeness (QED) is 0.615. The molecule has 0 aromatic heterocycles. The molecule has 3 heteroatoms. The van der Waals surface area contributed by atoms with Crippen molar-refractivity contribution in [2.75, 3.05) is 24.6 Å². The summed E-state index contributed by atoms with van der Waals surface area (Å²) in [5, 5.41) is 3.51. The maximum Gasteiger partial charge on any atom is 0.0207 e. The van der Waals surface area contributed by atoms with Crippen molar-refractivity contribution in [2.45, 2.75) is 33.1 Å². The van der Waals surface area contributed by atoms with E-state index in [2.05, 4.69) is 71.1 Å². The molecule has 108 valence electrons. The SMILES string of the molecule is CCNCC(CCCSCC)Cc1ccccc1Br. The molecular formula is C16H26BrNS. The average molecular weight is 344 g/mol. The van der Waals surface area contributed by atoms with E-state index in [1.807, 2.05) is 0 Å². The van der Waals surface area contributed by atoms with Gasteiger partial charge in [-0.3, -0.25) is 0 Å². The van der Waals surface area contributed by atoms with E-state index in [0.717, 1.165) is 19.0 Å². The molecule has 0 radical (unpaired) electrons. The molecule has 0 saturated carbocycles. The summed E-state index contributed by atoms with van der Waals surface area (Å²) < 4.78 is 1.25. The Bertz CT molecular complexity index is 343. The average Bonchev–Trinajstić information content (AvgIpc) is 2.43. The highest BCUT2D eigenvalue weighted by atomic mass is 79.9. The Hall–Kier alpha value is 0.01000. The summed E-state index contributed by atoms with van der Waals surface area (Å²) in [7, 11) is 0. The Balaban J connectivity index is 2.46. The zero-order valence-corrected chi connectivity index (χ0v) is 14.5. The number of thioether (sulfide) groups is 1. The van der Waals surface area contributed by atoms with Crippen molar-refractivity contribution < 1.29 is 0 Å². The lowest BCUT2D eigenvalue weighted by Gasteiger charge is -2.18. The van der Waals surface area contributed by atoms with Gasteiger partial charge in [0.2, 0.25) is 0 Å². The van der Waals surface area contributed by atoms with Crippen LogP contribution in [0.2, 0.25) is 0 Å². The van der Waals surface area contributed by atoms with E-state index in [1.165, 1.54) is 40.8 Å². The molecule has 0 fully saturated rings. The molecule has 0 heterocycles. The highest BCUT2D eigenvalue weighted by molar-refractivity contribution is 9.10. The molecule has 19 heavy (non-hydrogen) atoms. The smallest absolute Gasteiger partial charge is 0.0207 e. The summed E-state index contributed by atoms with van der Waals surface area (Å²) in [6.45, 7) is 6.62. The van der Waals surface area contributed by atoms with Crippen LogP contribution in [0, 0.1) is 5.92 Å². The number of benzene rings is 1. The van der Waals surface area contributed by atoms with Gasteiger partial charge in [0, 0.05) is 4.47 Å². The van der Waals surface area contributed by atoms with Crippen LogP contribution >= 0.6 is 27.7 Å². The minimum atomic E-state index is 0.746. The zero-order valence-electron chi connectivity index (χ0n) is 12.1. The van der Waals surface area contributed by atoms with E-state index in [9.17, 15) is 0 Å². The molecule has 0 amide bonds. The van der Waals surface area contributed by atoms with Gasteiger partial charge in [0.25, 0.3) is 0 Å². The number of rotatable bonds is 10. The molecule has 0 aliphatic rings. The summed E-state index contributed by atoms with van der Waals surface area (Å²) in [6, 6.07) is 8.61. The first kappa shape index (κ1) is 17.1. The summed E-state index contributed by atoms with van der Waals surface area (Å²) in [5.41, 5.74) is 1.44. The lowest BCUT2D eigenvalue weighted by Crippen LogP contribution is -2.24. The third kappa shape index (κ3) is 7.38. The van der Waals surface area contributed by atoms with Crippen molar-refractivity contribution in [3.8, 4) is 0 Å². The van der Waals surface area contributed by atoms with Crippen molar-refractivity contribution >= 4 is 27.7 Å². The van der Waals surface area contributed by atoms with Gasteiger partial charge in [-0.1, -0.05) is 48.0 Å². The van der Waals surface area contributed by atoms with Crippen LogP contribution in [0.4, 0.5) is 0 Å². The third-order valence-electron chi connectivity index (χ3n) is 3.25. The van der Waals surface area contributed by atoms with Crippen molar-refractivity contribution in [1.29, 1.82) is 0 Å². The topological polar surface area (TPSA) is 12.0 Å². The summed E-state index contributed by atoms with van der Waals surface area (Å²) in [4.78, 5) is 0. The van der Waals surface area contributed by atoms with E-state index in [0.29, 0.717) is 0 Å². The van der Waals surface area contributed by atoms with Gasteiger partial charge in [-0.15, -0.1) is 0 Å². The first-order chi connectivity index (χ1) is 9.27. The van der Waals surface area contributed by atoms with Gasteiger partial charge < -0.3 is 5.32 Å². The summed E-state index contributed by atoms with van der Waals surface area (Å²) in [5.74, 6) is 3.29. The largest absolute Gasteiger partial charge is 0.317 e. The molecule has 1 aromatic carbocycles. The van der Waals surface area contributed by atoms with Gasteiger partial charge in [-0.05, 0) is 61.4 Å². The van der Waals surface area contributed by atoms with Crippen LogP contribution in [0.15, 0.2) is 28.7 Å². The van der Waals surface area contributed by atoms with Crippen LogP contribution in [0.3, 0.4) is 0 Å². The van der Waals surface area contributed by atoms with E-state index in [4.69, 9.17) is 0 Å². The Morgan fingerprint density at radius 3 is 2.74 bits per heavy atom. The first-order valence-corrected chi connectivity index (χ1v) is 9.24. The van der Waals surface area contributed by atoms with Crippen LogP contribution in [-0.4, -0.2) is 24.6 Å². The molecule has 1 unspecified atom stereocenters. The van der Waals surface area contributed by atoms with Crippen LogP contribution in [-0.2, 0) is 6.42 Å². The summed E-state index contributed by atoms with van der Waals surface area (Å²) in [6.07, 6.45) is 3.82. The van der Waals surface area contributed by atoms with Crippen molar-refractivity contribution in [3.05, 3.63) is 34.3 Å². The molecular weight excluding hydrogens is 318 g/mol. The molecule has 1 atom stereocenters. The molecule has 0 aliphatic heterocycles. The third-order valence-corrected chi connectivity index (χ3v) is 5.01. The Morgan fingerprint density at radius 1 is 1.26 bits per heavy atom. The monoisotopic (exact) mass is 343 g/mol. The predicted molar refractivity (Wildman–Crippen MR) is 92.1 cm³/mol. The fraction of sp³-hybridized carbons (Fsp3) is 0.625. The number of nitrogens with one attached hydrogen (secondary N) is 1. The van der Waals surface area contributed by atoms with Gasteiger partial charge >= 0.3 is 0 Å². The molecule has 1 nitrogen and oxygen atoms in total. The second kappa shape index (κ2) is 10.8. The van der Waals surface area contributed by atoms with Gasteiger partial charge in [0.1, 0.15) is 0 Å². The number of hydrogen-bond donors (Lipinski definition) is 1. The lowest BCUT2D eigenvalue weighted by atomic mass is 9.95. The van der Waals surface area contributed by atoms with Gasteiger partial charge in [0.05, 0.1) is 0 Å². The Labute approximate surface area is 131 Å². The van der Waals surface area contributed by atoms with Crippen LogP contribution in [0.25, 0.3) is 0 Å². The number of hydrogen-bond acceptors (Lipinski definition) is 2. The first-order valence-electron chi connectivity index (χ1n) is 7.29. The highest BCUT2D eigenvalue weighted by Gasteiger charge is 2.11. The van der Waals surface area contributed by atoms with Gasteiger partial charge in [-0.25, -0.2) is 0 Å². The normalized spacial score (nSPS) is 12.6. The fourth-order valence-electron chi connectivity index (χ4n) is 2.22. The molecule has 1 N–H and O–H groups in total. The number of halogens is 1. The van der Waals surface area contributed by atoms with E-state index in [-0.39, 0.29) is 0 Å². The highest BCUT2D eigenvalue weighted by Crippen LogP contribution is 2.22. The standard InChI is InChI=1S/C16H26BrNS/c1-3-18-13-14(8-7-11-19-4-2)12-15-9-5-6-10-16(15)17/h5-6,9-10,14,18H,3-4,7-8,11-13H2,1-2H3. The molecule has 1 aromatic rings. The molecule has 0 aliphatic carbocycles. The minimum absolute atomic E-state index is 0.746. The minimum Gasteiger partial charge on any atom is -0.317 e. The second-order valence-corrected chi connectivity index (χ2v) is 7.06. The van der Waals surface area contributed by atoms with Crippen LogP contribution in [0.1, 0.15) is 32.3 Å². The predicted octanol–water partition coefficient (Wildman–Crippen LogP) is 4.75. The van der Waals surface area contributed by atoms with Crippen molar-refractivity contribution in [3.63, 3.8) is 0 Å². The van der Waals surface area contributed by atoms with Gasteiger partial charge in [-0.2, -0.15) is 11.8 Å². The summed E-state index contributed by atoms with van der Waals surface area (Å²) >= 11 is 5.72. The molecule has 0 saturated heterocycles. The van der Waals surface area contributed by atoms with E-state index >= 15 is 0 Å². The van der Waals surface area contributed by atoms with Crippen LogP contribution in [0.5, 0.6) is 0 Å². The zero-order chi connectivity index (χ0) is 13.9. The van der Waals surface area contributed by atoms with Crippen LogP contribution < -0.4 is 5.32 Å². The van der Waals surface area contributed by atoms with E-state index in [1.54, 1.807) is 0 Å². The van der Waals surface area contributed by atoms with Gasteiger partial charge in [0.15, 0.2) is 0 Å².